The topological polar surface area (TPSA) is 37.4 Å². The molecule has 0 aromatic rings. The first-order valence-corrected chi connectivity index (χ1v) is 7.00. The van der Waals surface area contributed by atoms with Crippen molar-refractivity contribution >= 4 is 32.6 Å². The van der Waals surface area contributed by atoms with Gasteiger partial charge < -0.3 is 0 Å². The normalized spacial score (nSPS) is 45.6. The van der Waals surface area contributed by atoms with Gasteiger partial charge in [-0.05, 0) is 18.8 Å². The van der Waals surface area contributed by atoms with Crippen LogP contribution in [-0.2, 0) is 10.0 Å². The fourth-order valence-corrected chi connectivity index (χ4v) is 5.30. The predicted octanol–water partition coefficient (Wildman–Crippen LogP) is 1.19. The van der Waals surface area contributed by atoms with Crippen LogP contribution in [-0.4, -0.2) is 29.1 Å². The van der Waals surface area contributed by atoms with Gasteiger partial charge in [0.05, 0.1) is 0 Å². The van der Waals surface area contributed by atoms with Crippen molar-refractivity contribution in [1.82, 2.24) is 4.31 Å². The molecule has 0 radical (unpaired) electrons. The Hall–Kier alpha value is 0.640. The van der Waals surface area contributed by atoms with E-state index in [4.69, 9.17) is 0 Å². The minimum atomic E-state index is -2.91. The summed E-state index contributed by atoms with van der Waals surface area (Å²) >= 11 is 2.08. The summed E-state index contributed by atoms with van der Waals surface area (Å²) in [6.07, 6.45) is 3.32. The Kier molecular flexibility index (Phi) is 2.37. The summed E-state index contributed by atoms with van der Waals surface area (Å²) in [5.41, 5.74) is 0. The summed E-state index contributed by atoms with van der Waals surface area (Å²) in [6, 6.07) is 0. The van der Waals surface area contributed by atoms with E-state index < -0.39 is 10.0 Å². The lowest BCUT2D eigenvalue weighted by Crippen LogP contribution is -2.28. The van der Waals surface area contributed by atoms with E-state index >= 15 is 0 Å². The predicted molar refractivity (Wildman–Crippen MR) is 55.6 cm³/mol. The molecule has 2 aliphatic heterocycles. The van der Waals surface area contributed by atoms with Crippen molar-refractivity contribution in [2.75, 3.05) is 13.1 Å². The first-order chi connectivity index (χ1) is 5.62. The van der Waals surface area contributed by atoms with Crippen molar-refractivity contribution in [3.8, 4) is 0 Å². The van der Waals surface area contributed by atoms with Gasteiger partial charge in [0.1, 0.15) is 3.26 Å². The van der Waals surface area contributed by atoms with Crippen LogP contribution in [0.1, 0.15) is 19.3 Å². The van der Waals surface area contributed by atoms with Crippen molar-refractivity contribution in [3.63, 3.8) is 0 Å². The average molecular weight is 301 g/mol. The molecule has 0 N–H and O–H groups in total. The molecule has 0 saturated carbocycles. The molecule has 0 aromatic heterocycles. The summed E-state index contributed by atoms with van der Waals surface area (Å²) in [7, 11) is -2.91. The van der Waals surface area contributed by atoms with E-state index in [1.54, 1.807) is 4.31 Å². The molecule has 5 heteroatoms. The van der Waals surface area contributed by atoms with Gasteiger partial charge in [0.15, 0.2) is 0 Å². The van der Waals surface area contributed by atoms with Crippen molar-refractivity contribution in [1.29, 1.82) is 0 Å². The lowest BCUT2D eigenvalue weighted by molar-refractivity contribution is 0.430. The number of alkyl halides is 1. The highest BCUT2D eigenvalue weighted by Gasteiger charge is 2.45. The van der Waals surface area contributed by atoms with Gasteiger partial charge in [0.2, 0.25) is 10.0 Å². The standard InChI is InChI=1S/C7H12INO2S/c8-7-6-3-1-2-4-9(5-6)12(7,10)11/h6-7H,1-5H2/t6-,7+/m0/s1. The van der Waals surface area contributed by atoms with Crippen LogP contribution < -0.4 is 0 Å². The van der Waals surface area contributed by atoms with Crippen molar-refractivity contribution < 1.29 is 8.42 Å². The third-order valence-electron chi connectivity index (χ3n) is 2.69. The highest BCUT2D eigenvalue weighted by atomic mass is 127. The minimum absolute atomic E-state index is 0.157. The zero-order valence-electron chi connectivity index (χ0n) is 6.74. The Morgan fingerprint density at radius 3 is 2.83 bits per heavy atom. The second kappa shape index (κ2) is 3.09. The monoisotopic (exact) mass is 301 g/mol. The van der Waals surface area contributed by atoms with Crippen LogP contribution in [0.4, 0.5) is 0 Å². The molecule has 0 amide bonds. The Labute approximate surface area is 86.7 Å². The molecular weight excluding hydrogens is 289 g/mol. The van der Waals surface area contributed by atoms with Gasteiger partial charge in [-0.3, -0.25) is 0 Å². The SMILES string of the molecule is O=S1(=O)[C@@H](I)[C@H]2CCCCN1C2. The van der Waals surface area contributed by atoms with E-state index in [2.05, 4.69) is 22.6 Å². The Morgan fingerprint density at radius 2 is 2.08 bits per heavy atom. The maximum Gasteiger partial charge on any atom is 0.226 e. The Balaban J connectivity index is 2.32. The number of hydrogen-bond donors (Lipinski definition) is 0. The zero-order valence-corrected chi connectivity index (χ0v) is 9.71. The molecule has 12 heavy (non-hydrogen) atoms. The van der Waals surface area contributed by atoms with Crippen molar-refractivity contribution in [3.05, 3.63) is 0 Å². The van der Waals surface area contributed by atoms with Gasteiger partial charge in [-0.1, -0.05) is 29.0 Å². The Bertz CT molecular complexity index is 277. The zero-order chi connectivity index (χ0) is 8.77. The largest absolute Gasteiger partial charge is 0.226 e. The molecule has 0 aromatic carbocycles. The number of halogens is 1. The van der Waals surface area contributed by atoms with E-state index in [0.29, 0.717) is 5.92 Å². The van der Waals surface area contributed by atoms with E-state index in [9.17, 15) is 8.42 Å². The van der Waals surface area contributed by atoms with Gasteiger partial charge in [-0.15, -0.1) is 0 Å². The maximum absolute atomic E-state index is 11.6. The van der Waals surface area contributed by atoms with Crippen LogP contribution in [0.2, 0.25) is 0 Å². The summed E-state index contributed by atoms with van der Waals surface area (Å²) < 4.78 is 24.8. The van der Waals surface area contributed by atoms with Crippen molar-refractivity contribution in [2.24, 2.45) is 5.92 Å². The molecule has 70 valence electrons. The highest BCUT2D eigenvalue weighted by molar-refractivity contribution is 14.1. The number of nitrogens with zero attached hydrogens (tertiary/aromatic N) is 1. The minimum Gasteiger partial charge on any atom is -0.211 e. The molecule has 1 unspecified atom stereocenters. The number of sulfonamides is 1. The fraction of sp³-hybridized carbons (Fsp3) is 1.00. The summed E-state index contributed by atoms with van der Waals surface area (Å²) in [5.74, 6) is 0.387. The van der Waals surface area contributed by atoms with E-state index in [0.717, 1.165) is 25.9 Å². The second-order valence-corrected chi connectivity index (χ2v) is 7.75. The third-order valence-corrected chi connectivity index (χ3v) is 7.64. The number of fused-ring (bicyclic) bond motifs is 2. The van der Waals surface area contributed by atoms with Crippen LogP contribution in [0.3, 0.4) is 0 Å². The third kappa shape index (κ3) is 1.29. The van der Waals surface area contributed by atoms with Crippen molar-refractivity contribution in [2.45, 2.75) is 22.5 Å². The summed E-state index contributed by atoms with van der Waals surface area (Å²) in [4.78, 5) is 0. The highest BCUT2D eigenvalue weighted by Crippen LogP contribution is 2.37. The first-order valence-electron chi connectivity index (χ1n) is 4.25. The van der Waals surface area contributed by atoms with Gasteiger partial charge >= 0.3 is 0 Å². The van der Waals surface area contributed by atoms with E-state index in [1.807, 2.05) is 0 Å². The lowest BCUT2D eigenvalue weighted by atomic mass is 10.1. The molecule has 2 saturated heterocycles. The molecular formula is C7H12INO2S. The van der Waals surface area contributed by atoms with Gasteiger partial charge in [-0.25, -0.2) is 12.7 Å². The van der Waals surface area contributed by atoms with Crippen LogP contribution in [0.25, 0.3) is 0 Å². The average Bonchev–Trinajstić information content (AvgIpc) is 2.31. The van der Waals surface area contributed by atoms with Crippen LogP contribution >= 0.6 is 22.6 Å². The molecule has 2 heterocycles. The maximum atomic E-state index is 11.6. The lowest BCUT2D eigenvalue weighted by Gasteiger charge is -2.15. The van der Waals surface area contributed by atoms with Gasteiger partial charge in [0.25, 0.3) is 0 Å². The molecule has 3 atom stereocenters. The number of hydrogen-bond acceptors (Lipinski definition) is 2. The van der Waals surface area contributed by atoms with E-state index in [-0.39, 0.29) is 3.26 Å². The van der Waals surface area contributed by atoms with Crippen LogP contribution in [0.15, 0.2) is 0 Å². The molecule has 0 spiro atoms. The Morgan fingerprint density at radius 1 is 1.33 bits per heavy atom. The molecule has 2 fully saturated rings. The molecule has 3 nitrogen and oxygen atoms in total. The quantitative estimate of drug-likeness (QED) is 0.498. The van der Waals surface area contributed by atoms with E-state index in [1.165, 1.54) is 6.42 Å². The smallest absolute Gasteiger partial charge is 0.211 e. The fourth-order valence-electron chi connectivity index (χ4n) is 1.97. The summed E-state index contributed by atoms with van der Waals surface area (Å²) in [5, 5.41) is 0. The van der Waals surface area contributed by atoms with Gasteiger partial charge in [-0.2, -0.15) is 0 Å². The molecule has 2 rings (SSSR count). The molecule has 2 bridgehead atoms. The van der Waals surface area contributed by atoms with Gasteiger partial charge in [0, 0.05) is 13.1 Å². The first kappa shape index (κ1) is 9.21. The molecule has 0 aliphatic carbocycles. The van der Waals surface area contributed by atoms with Crippen LogP contribution in [0.5, 0.6) is 0 Å². The summed E-state index contributed by atoms with van der Waals surface area (Å²) in [6.45, 7) is 1.52. The number of rotatable bonds is 0. The van der Waals surface area contributed by atoms with Crippen LogP contribution in [0, 0.1) is 5.92 Å². The molecule has 2 aliphatic rings. The second-order valence-electron chi connectivity index (χ2n) is 3.51.